The van der Waals surface area contributed by atoms with Crippen molar-refractivity contribution < 1.29 is 0 Å². The van der Waals surface area contributed by atoms with Crippen molar-refractivity contribution >= 4 is 43.2 Å². The fraction of sp³-hybridized carbons (Fsp3) is 0. The van der Waals surface area contributed by atoms with Gasteiger partial charge < -0.3 is 0 Å². The van der Waals surface area contributed by atoms with Gasteiger partial charge in [0.1, 0.15) is 0 Å². The Bertz CT molecular complexity index is 2850. The summed E-state index contributed by atoms with van der Waals surface area (Å²) in [6.07, 6.45) is 1.87. The molecule has 0 N–H and O–H groups in total. The highest BCUT2D eigenvalue weighted by molar-refractivity contribution is 6.25. The molecule has 0 fully saturated rings. The molecule has 0 saturated carbocycles. The van der Waals surface area contributed by atoms with Crippen LogP contribution >= 0.6 is 0 Å². The summed E-state index contributed by atoms with van der Waals surface area (Å²) in [7, 11) is 0. The average molecular weight is 663 g/mol. The van der Waals surface area contributed by atoms with Crippen LogP contribution in [0.2, 0.25) is 0 Å². The molecule has 2 aromatic heterocycles. The van der Waals surface area contributed by atoms with E-state index in [2.05, 4.69) is 109 Å². The van der Waals surface area contributed by atoms with Gasteiger partial charge in [0.25, 0.3) is 0 Å². The molecule has 0 atom stereocenters. The van der Waals surface area contributed by atoms with Crippen LogP contribution < -0.4 is 0 Å². The zero-order chi connectivity index (χ0) is 34.4. The Balaban J connectivity index is 1.10. The molecular formula is C48H30N4. The lowest BCUT2D eigenvalue weighted by Crippen LogP contribution is -2.00. The summed E-state index contributed by atoms with van der Waals surface area (Å²) in [5.74, 6) is 1.92. The third kappa shape index (κ3) is 5.17. The standard InChI is InChI=1S/C48H30N4/c1-3-12-32(13-4-1)46-50-47(33-14-5-2-6-15-33)52-48(51-46)34-23-21-31(22-24-34)43-30-37(28-36-16-11-27-49-45(36)43)35-25-26-42-40-19-8-7-17-38(40)39-18-9-10-20-41(39)44(42)29-35/h1-30H. The lowest BCUT2D eigenvalue weighted by molar-refractivity contribution is 1.07. The molecule has 0 bridgehead atoms. The van der Waals surface area contributed by atoms with Crippen molar-refractivity contribution in [2.24, 2.45) is 0 Å². The molecule has 4 nitrogen and oxygen atoms in total. The van der Waals surface area contributed by atoms with Gasteiger partial charge in [-0.2, -0.15) is 0 Å². The van der Waals surface area contributed by atoms with E-state index >= 15 is 0 Å². The Morgan fingerprint density at radius 1 is 0.288 bits per heavy atom. The molecule has 0 radical (unpaired) electrons. The Morgan fingerprint density at radius 3 is 1.33 bits per heavy atom. The van der Waals surface area contributed by atoms with Crippen LogP contribution in [0.4, 0.5) is 0 Å². The van der Waals surface area contributed by atoms with Crippen LogP contribution in [-0.4, -0.2) is 19.9 Å². The van der Waals surface area contributed by atoms with Gasteiger partial charge in [-0.3, -0.25) is 4.98 Å². The summed E-state index contributed by atoms with van der Waals surface area (Å²) in [5.41, 5.74) is 8.26. The highest BCUT2D eigenvalue weighted by Gasteiger charge is 2.15. The Hall–Kier alpha value is -7.04. The van der Waals surface area contributed by atoms with E-state index < -0.39 is 0 Å². The maximum atomic E-state index is 4.94. The number of benzene rings is 8. The summed E-state index contributed by atoms with van der Waals surface area (Å²) in [4.78, 5) is 19.6. The number of aromatic nitrogens is 4. The number of rotatable bonds is 5. The van der Waals surface area contributed by atoms with E-state index in [0.29, 0.717) is 17.5 Å². The lowest BCUT2D eigenvalue weighted by atomic mass is 9.90. The minimum Gasteiger partial charge on any atom is -0.256 e. The number of fused-ring (bicyclic) bond motifs is 7. The Kier molecular flexibility index (Phi) is 7.10. The van der Waals surface area contributed by atoms with Crippen molar-refractivity contribution in [3.8, 4) is 56.4 Å². The molecule has 0 spiro atoms. The highest BCUT2D eigenvalue weighted by atomic mass is 15.0. The average Bonchev–Trinajstić information content (AvgIpc) is 3.24. The van der Waals surface area contributed by atoms with E-state index in [0.717, 1.165) is 44.3 Å². The molecule has 8 aromatic carbocycles. The Labute approximate surface area is 300 Å². The smallest absolute Gasteiger partial charge is 0.164 e. The van der Waals surface area contributed by atoms with E-state index in [4.69, 9.17) is 19.9 Å². The van der Waals surface area contributed by atoms with Crippen LogP contribution in [0.3, 0.4) is 0 Å². The second-order valence-electron chi connectivity index (χ2n) is 13.1. The molecule has 0 unspecified atom stereocenters. The van der Waals surface area contributed by atoms with Crippen molar-refractivity contribution in [1.29, 1.82) is 0 Å². The second kappa shape index (κ2) is 12.4. The van der Waals surface area contributed by atoms with Crippen LogP contribution in [-0.2, 0) is 0 Å². The molecule has 2 heterocycles. The highest BCUT2D eigenvalue weighted by Crippen LogP contribution is 2.39. The van der Waals surface area contributed by atoms with Gasteiger partial charge in [-0.15, -0.1) is 0 Å². The first-order valence-corrected chi connectivity index (χ1v) is 17.5. The van der Waals surface area contributed by atoms with E-state index in [9.17, 15) is 0 Å². The van der Waals surface area contributed by atoms with Crippen molar-refractivity contribution in [2.75, 3.05) is 0 Å². The van der Waals surface area contributed by atoms with Gasteiger partial charge in [0.15, 0.2) is 17.5 Å². The molecular weight excluding hydrogens is 633 g/mol. The topological polar surface area (TPSA) is 51.6 Å². The van der Waals surface area contributed by atoms with Crippen LogP contribution in [0, 0.1) is 0 Å². The number of hydrogen-bond donors (Lipinski definition) is 0. The van der Waals surface area contributed by atoms with E-state index in [1.165, 1.54) is 37.9 Å². The molecule has 10 aromatic rings. The summed E-state index contributed by atoms with van der Waals surface area (Å²) < 4.78 is 0. The first-order valence-electron chi connectivity index (χ1n) is 17.5. The first kappa shape index (κ1) is 29.8. The summed E-state index contributed by atoms with van der Waals surface area (Å²) in [6.45, 7) is 0. The molecule has 10 rings (SSSR count). The molecule has 0 aliphatic carbocycles. The van der Waals surface area contributed by atoms with Gasteiger partial charge in [-0.25, -0.2) is 15.0 Å². The van der Waals surface area contributed by atoms with Gasteiger partial charge in [0, 0.05) is 33.8 Å². The van der Waals surface area contributed by atoms with Gasteiger partial charge in [0.05, 0.1) is 5.52 Å². The molecule has 242 valence electrons. The number of pyridine rings is 1. The van der Waals surface area contributed by atoms with Gasteiger partial charge >= 0.3 is 0 Å². The lowest BCUT2D eigenvalue weighted by Gasteiger charge is -2.14. The summed E-state index contributed by atoms with van der Waals surface area (Å²) >= 11 is 0. The molecule has 0 aliphatic rings. The van der Waals surface area contributed by atoms with Crippen molar-refractivity contribution in [3.05, 3.63) is 182 Å². The van der Waals surface area contributed by atoms with Gasteiger partial charge in [0.2, 0.25) is 0 Å². The minimum atomic E-state index is 0.631. The van der Waals surface area contributed by atoms with Crippen LogP contribution in [0.1, 0.15) is 0 Å². The number of nitrogens with zero attached hydrogens (tertiary/aromatic N) is 4. The molecule has 0 saturated heterocycles. The third-order valence-electron chi connectivity index (χ3n) is 9.94. The van der Waals surface area contributed by atoms with E-state index in [1.807, 2.05) is 72.9 Å². The van der Waals surface area contributed by atoms with Crippen molar-refractivity contribution in [3.63, 3.8) is 0 Å². The SMILES string of the molecule is c1ccc(-c2nc(-c3ccccc3)nc(-c3ccc(-c4cc(-c5ccc6c7ccccc7c7ccccc7c6c5)cc5cccnc45)cc3)n2)cc1. The van der Waals surface area contributed by atoms with Crippen molar-refractivity contribution in [2.45, 2.75) is 0 Å². The third-order valence-corrected chi connectivity index (χ3v) is 9.94. The quantitative estimate of drug-likeness (QED) is 0.172. The predicted octanol–water partition coefficient (Wildman–Crippen LogP) is 12.2. The van der Waals surface area contributed by atoms with Gasteiger partial charge in [-0.05, 0) is 73.3 Å². The molecule has 52 heavy (non-hydrogen) atoms. The molecule has 0 aliphatic heterocycles. The van der Waals surface area contributed by atoms with E-state index in [-0.39, 0.29) is 0 Å². The van der Waals surface area contributed by atoms with Crippen LogP contribution in [0.25, 0.3) is 99.6 Å². The maximum absolute atomic E-state index is 4.94. The zero-order valence-corrected chi connectivity index (χ0v) is 28.1. The zero-order valence-electron chi connectivity index (χ0n) is 28.1. The van der Waals surface area contributed by atoms with Gasteiger partial charge in [-0.1, -0.05) is 152 Å². The minimum absolute atomic E-state index is 0.631. The summed E-state index contributed by atoms with van der Waals surface area (Å²) in [5, 5.41) is 8.71. The predicted molar refractivity (Wildman–Crippen MR) is 215 cm³/mol. The number of hydrogen-bond acceptors (Lipinski definition) is 4. The van der Waals surface area contributed by atoms with Crippen LogP contribution in [0.5, 0.6) is 0 Å². The fourth-order valence-electron chi connectivity index (χ4n) is 7.40. The monoisotopic (exact) mass is 662 g/mol. The fourth-order valence-corrected chi connectivity index (χ4v) is 7.40. The van der Waals surface area contributed by atoms with Crippen LogP contribution in [0.15, 0.2) is 182 Å². The molecule has 4 heteroatoms. The first-order chi connectivity index (χ1) is 25.8. The van der Waals surface area contributed by atoms with E-state index in [1.54, 1.807) is 0 Å². The maximum Gasteiger partial charge on any atom is 0.164 e. The normalized spacial score (nSPS) is 11.5. The largest absolute Gasteiger partial charge is 0.256 e. The second-order valence-corrected chi connectivity index (χ2v) is 13.1. The Morgan fingerprint density at radius 2 is 0.750 bits per heavy atom. The molecule has 0 amide bonds. The summed E-state index contributed by atoms with van der Waals surface area (Å²) in [6, 6.07) is 61.7. The van der Waals surface area contributed by atoms with Crippen molar-refractivity contribution in [1.82, 2.24) is 19.9 Å².